The zero-order chi connectivity index (χ0) is 21.5. The van der Waals surface area contributed by atoms with E-state index in [0.29, 0.717) is 5.92 Å². The first-order chi connectivity index (χ1) is 15.0. The first-order valence-corrected chi connectivity index (χ1v) is 11.4. The minimum Gasteiger partial charge on any atom is -0.296 e. The van der Waals surface area contributed by atoms with Crippen molar-refractivity contribution >= 4 is 10.9 Å². The molecule has 0 radical (unpaired) electrons. The summed E-state index contributed by atoms with van der Waals surface area (Å²) in [6.07, 6.45) is 10.4. The number of imidazole rings is 1. The minimum absolute atomic E-state index is 0.710. The molecule has 0 aliphatic heterocycles. The molecule has 2 heterocycles. The van der Waals surface area contributed by atoms with Gasteiger partial charge in [0.2, 0.25) is 0 Å². The summed E-state index contributed by atoms with van der Waals surface area (Å²) in [6, 6.07) is 11.1. The van der Waals surface area contributed by atoms with Crippen molar-refractivity contribution in [1.29, 1.82) is 0 Å². The number of hydrogen-bond donors (Lipinski definition) is 0. The normalized spacial score (nSPS) is 15.0. The van der Waals surface area contributed by atoms with E-state index < -0.39 is 0 Å². The van der Waals surface area contributed by atoms with Crippen LogP contribution < -0.4 is 0 Å². The zero-order valence-corrected chi connectivity index (χ0v) is 18.9. The molecule has 158 valence electrons. The first-order valence-electron chi connectivity index (χ1n) is 11.4. The summed E-state index contributed by atoms with van der Waals surface area (Å²) in [6.45, 7) is 8.65. The fourth-order valence-corrected chi connectivity index (χ4v) is 5.32. The molecule has 0 amide bonds. The average molecular weight is 411 g/mol. The van der Waals surface area contributed by atoms with Crippen molar-refractivity contribution in [2.45, 2.75) is 65.7 Å². The third kappa shape index (κ3) is 3.44. The van der Waals surface area contributed by atoms with Crippen molar-refractivity contribution in [3.05, 3.63) is 70.9 Å². The quantitative estimate of drug-likeness (QED) is 0.374. The number of hydrogen-bond acceptors (Lipinski definition) is 3. The van der Waals surface area contributed by atoms with Crippen LogP contribution in [0.2, 0.25) is 0 Å². The van der Waals surface area contributed by atoms with E-state index in [-0.39, 0.29) is 0 Å². The SMILES string of the molecule is Cc1cc(C2CCCCC2)cc(C)c1-n1c(C)cnc1-c1cccc2c(C)ncnc12. The van der Waals surface area contributed by atoms with E-state index in [0.717, 1.165) is 33.7 Å². The lowest BCUT2D eigenvalue weighted by Crippen LogP contribution is -2.09. The smallest absolute Gasteiger partial charge is 0.146 e. The molecule has 0 saturated heterocycles. The molecule has 5 rings (SSSR count). The van der Waals surface area contributed by atoms with E-state index in [1.165, 1.54) is 54.5 Å². The highest BCUT2D eigenvalue weighted by Crippen LogP contribution is 2.37. The second kappa shape index (κ2) is 7.92. The van der Waals surface area contributed by atoms with Gasteiger partial charge in [0, 0.05) is 28.5 Å². The third-order valence-corrected chi connectivity index (χ3v) is 6.86. The van der Waals surface area contributed by atoms with Gasteiger partial charge >= 0.3 is 0 Å². The molecule has 4 heteroatoms. The maximum absolute atomic E-state index is 4.84. The van der Waals surface area contributed by atoms with E-state index in [4.69, 9.17) is 4.98 Å². The van der Waals surface area contributed by atoms with Gasteiger partial charge < -0.3 is 0 Å². The number of benzene rings is 2. The van der Waals surface area contributed by atoms with Crippen LogP contribution in [-0.4, -0.2) is 19.5 Å². The third-order valence-electron chi connectivity index (χ3n) is 6.86. The van der Waals surface area contributed by atoms with Crippen LogP contribution in [0.25, 0.3) is 28.0 Å². The van der Waals surface area contributed by atoms with Crippen molar-refractivity contribution < 1.29 is 0 Å². The minimum atomic E-state index is 0.710. The second-order valence-electron chi connectivity index (χ2n) is 9.06. The molecular formula is C27H30N4. The summed E-state index contributed by atoms with van der Waals surface area (Å²) >= 11 is 0. The molecule has 0 unspecified atom stereocenters. The summed E-state index contributed by atoms with van der Waals surface area (Å²) in [5, 5.41) is 1.08. The second-order valence-corrected chi connectivity index (χ2v) is 9.06. The van der Waals surface area contributed by atoms with E-state index in [9.17, 15) is 0 Å². The Morgan fingerprint density at radius 3 is 2.35 bits per heavy atom. The van der Waals surface area contributed by atoms with Gasteiger partial charge in [-0.05, 0) is 69.2 Å². The summed E-state index contributed by atoms with van der Waals surface area (Å²) < 4.78 is 2.31. The van der Waals surface area contributed by atoms with Crippen LogP contribution in [0.5, 0.6) is 0 Å². The Balaban J connectivity index is 1.67. The van der Waals surface area contributed by atoms with Crippen LogP contribution >= 0.6 is 0 Å². The van der Waals surface area contributed by atoms with Gasteiger partial charge in [-0.2, -0.15) is 0 Å². The van der Waals surface area contributed by atoms with Crippen LogP contribution in [0.1, 0.15) is 66.1 Å². The van der Waals surface area contributed by atoms with Gasteiger partial charge in [0.1, 0.15) is 12.2 Å². The Morgan fingerprint density at radius 2 is 1.61 bits per heavy atom. The molecule has 1 aliphatic rings. The number of aromatic nitrogens is 4. The molecule has 0 bridgehead atoms. The lowest BCUT2D eigenvalue weighted by molar-refractivity contribution is 0.443. The van der Waals surface area contributed by atoms with Gasteiger partial charge in [-0.15, -0.1) is 0 Å². The molecule has 0 spiro atoms. The number of fused-ring (bicyclic) bond motifs is 1. The molecule has 2 aromatic carbocycles. The maximum Gasteiger partial charge on any atom is 0.146 e. The topological polar surface area (TPSA) is 43.6 Å². The van der Waals surface area contributed by atoms with Gasteiger partial charge in [0.05, 0.1) is 11.2 Å². The van der Waals surface area contributed by atoms with Crippen LogP contribution in [-0.2, 0) is 0 Å². The monoisotopic (exact) mass is 410 g/mol. The summed E-state index contributed by atoms with van der Waals surface area (Å²) in [5.74, 6) is 1.65. The molecule has 0 atom stereocenters. The summed E-state index contributed by atoms with van der Waals surface area (Å²) in [4.78, 5) is 13.8. The van der Waals surface area contributed by atoms with Crippen molar-refractivity contribution in [3.8, 4) is 17.1 Å². The highest BCUT2D eigenvalue weighted by molar-refractivity contribution is 5.93. The van der Waals surface area contributed by atoms with Crippen molar-refractivity contribution in [3.63, 3.8) is 0 Å². The molecule has 4 nitrogen and oxygen atoms in total. The highest BCUT2D eigenvalue weighted by atomic mass is 15.1. The standard InChI is InChI=1S/C27H30N4/c1-17-13-22(21-9-6-5-7-10-21)14-18(2)26(17)31-19(3)15-28-27(31)24-12-8-11-23-20(4)29-16-30-25(23)24/h8,11-16,21H,5-7,9-10H2,1-4H3. The Hall–Kier alpha value is -3.01. The molecular weight excluding hydrogens is 380 g/mol. The number of para-hydroxylation sites is 1. The maximum atomic E-state index is 4.84. The van der Waals surface area contributed by atoms with E-state index in [2.05, 4.69) is 65.6 Å². The van der Waals surface area contributed by atoms with Crippen LogP contribution in [0, 0.1) is 27.7 Å². The summed E-state index contributed by atoms with van der Waals surface area (Å²) in [5.41, 5.74) is 9.50. The summed E-state index contributed by atoms with van der Waals surface area (Å²) in [7, 11) is 0. The Kier molecular flexibility index (Phi) is 5.09. The molecule has 0 N–H and O–H groups in total. The fraction of sp³-hybridized carbons (Fsp3) is 0.370. The average Bonchev–Trinajstić information content (AvgIpc) is 3.15. The molecule has 1 aliphatic carbocycles. The largest absolute Gasteiger partial charge is 0.296 e. The predicted octanol–water partition coefficient (Wildman–Crippen LogP) is 6.76. The van der Waals surface area contributed by atoms with Crippen LogP contribution in [0.3, 0.4) is 0 Å². The molecule has 1 saturated carbocycles. The van der Waals surface area contributed by atoms with Gasteiger partial charge in [-0.1, -0.05) is 43.5 Å². The zero-order valence-electron chi connectivity index (χ0n) is 18.9. The number of nitrogens with zero attached hydrogens (tertiary/aromatic N) is 4. The van der Waals surface area contributed by atoms with Crippen molar-refractivity contribution in [1.82, 2.24) is 19.5 Å². The van der Waals surface area contributed by atoms with Crippen molar-refractivity contribution in [2.24, 2.45) is 0 Å². The first kappa shape index (κ1) is 19.9. The fourth-order valence-electron chi connectivity index (χ4n) is 5.32. The molecule has 1 fully saturated rings. The number of rotatable bonds is 3. The van der Waals surface area contributed by atoms with E-state index in [1.54, 1.807) is 6.33 Å². The molecule has 4 aromatic rings. The van der Waals surface area contributed by atoms with Crippen LogP contribution in [0.15, 0.2) is 42.9 Å². The lowest BCUT2D eigenvalue weighted by Gasteiger charge is -2.24. The highest BCUT2D eigenvalue weighted by Gasteiger charge is 2.21. The predicted molar refractivity (Wildman–Crippen MR) is 127 cm³/mol. The Labute approximate surface area is 184 Å². The Bertz CT molecular complexity index is 1240. The van der Waals surface area contributed by atoms with Crippen molar-refractivity contribution in [2.75, 3.05) is 0 Å². The van der Waals surface area contributed by atoms with E-state index in [1.807, 2.05) is 13.1 Å². The Morgan fingerprint density at radius 1 is 0.871 bits per heavy atom. The van der Waals surface area contributed by atoms with Gasteiger partial charge in [-0.3, -0.25) is 4.57 Å². The van der Waals surface area contributed by atoms with Gasteiger partial charge in [0.15, 0.2) is 0 Å². The van der Waals surface area contributed by atoms with E-state index >= 15 is 0 Å². The van der Waals surface area contributed by atoms with Gasteiger partial charge in [0.25, 0.3) is 0 Å². The van der Waals surface area contributed by atoms with Crippen LogP contribution in [0.4, 0.5) is 0 Å². The van der Waals surface area contributed by atoms with Gasteiger partial charge in [-0.25, -0.2) is 15.0 Å². The lowest BCUT2D eigenvalue weighted by atomic mass is 9.83. The number of aryl methyl sites for hydroxylation is 4. The molecule has 2 aromatic heterocycles. The molecule has 31 heavy (non-hydrogen) atoms.